The fourth-order valence-corrected chi connectivity index (χ4v) is 6.97. The van der Waals surface area contributed by atoms with Crippen molar-refractivity contribution in [2.45, 2.75) is 75.8 Å². The number of unbranched alkanes of at least 4 members (excludes halogenated alkanes) is 1. The zero-order valence-electron chi connectivity index (χ0n) is 27.7. The number of alkyl carbamates (subject to hydrolysis) is 1. The summed E-state index contributed by atoms with van der Waals surface area (Å²) in [6.07, 6.45) is 6.73. The van der Waals surface area contributed by atoms with Gasteiger partial charge in [-0.1, -0.05) is 86.7 Å². The third-order valence-corrected chi connectivity index (χ3v) is 9.60. The number of carbonyl (C=O) groups excluding carboxylic acids is 4. The van der Waals surface area contributed by atoms with E-state index in [1.807, 2.05) is 24.3 Å². The molecule has 5 rings (SSSR count). The van der Waals surface area contributed by atoms with E-state index in [2.05, 4.69) is 45.5 Å². The van der Waals surface area contributed by atoms with Crippen LogP contribution >= 0.6 is 11.6 Å². The Kier molecular flexibility index (Phi) is 13.1. The molecule has 0 saturated heterocycles. The molecule has 0 spiro atoms. The minimum atomic E-state index is -0.877. The van der Waals surface area contributed by atoms with Crippen molar-refractivity contribution in [3.8, 4) is 11.1 Å². The van der Waals surface area contributed by atoms with Crippen LogP contribution in [0.2, 0.25) is 0 Å². The molecule has 4 amide bonds. The van der Waals surface area contributed by atoms with Gasteiger partial charge in [-0.2, -0.15) is 0 Å². The standard InChI is InChI=1S/C38H46ClN5O5/c39-23-35(45)41-26-13-10-14-27(22-26)42-36(46)33(19-8-9-20-40)43-37(47)34(21-25-11-2-1-3-12-25)44-38(48)49-24-32-30-17-6-4-15-28(30)29-16-5-7-18-31(29)32/h4-7,10,13-18,22,25,32-34H,1-3,8-9,11-12,19-21,23-24,40H2,(H,41,45)(H,42,46)(H,43,47)(H,44,48)/t33-,34+/m0/s1. The van der Waals surface area contributed by atoms with Gasteiger partial charge in [0, 0.05) is 17.3 Å². The van der Waals surface area contributed by atoms with E-state index in [9.17, 15) is 19.2 Å². The SMILES string of the molecule is NCCCC[C@H](NC(=O)[C@@H](CC1CCCCC1)NC(=O)OCC1c2ccccc2-c2ccccc21)C(=O)Nc1cccc(NC(=O)CCl)c1. The zero-order chi connectivity index (χ0) is 34.6. The van der Waals surface area contributed by atoms with Crippen LogP contribution in [0.1, 0.15) is 74.8 Å². The van der Waals surface area contributed by atoms with E-state index in [-0.39, 0.29) is 30.2 Å². The van der Waals surface area contributed by atoms with E-state index in [0.717, 1.165) is 54.4 Å². The molecule has 0 unspecified atom stereocenters. The molecule has 6 N–H and O–H groups in total. The summed E-state index contributed by atoms with van der Waals surface area (Å²) in [6, 6.07) is 21.2. The Labute approximate surface area is 292 Å². The quantitative estimate of drug-likeness (QED) is 0.0935. The molecule has 3 aromatic rings. The van der Waals surface area contributed by atoms with Gasteiger partial charge in [0.05, 0.1) is 0 Å². The van der Waals surface area contributed by atoms with Crippen molar-refractivity contribution >= 4 is 46.8 Å². The average Bonchev–Trinajstić information content (AvgIpc) is 3.44. The number of anilines is 2. The van der Waals surface area contributed by atoms with E-state index in [4.69, 9.17) is 22.1 Å². The number of fused-ring (bicyclic) bond motifs is 3. The van der Waals surface area contributed by atoms with E-state index in [0.29, 0.717) is 43.6 Å². The van der Waals surface area contributed by atoms with Gasteiger partial charge in [0.1, 0.15) is 24.6 Å². The second-order valence-electron chi connectivity index (χ2n) is 12.9. The number of nitrogens with two attached hydrogens (primary N) is 1. The number of nitrogens with one attached hydrogen (secondary N) is 4. The Hall–Kier alpha value is -4.41. The van der Waals surface area contributed by atoms with Crippen molar-refractivity contribution in [2.75, 3.05) is 29.7 Å². The molecule has 0 aromatic heterocycles. The van der Waals surface area contributed by atoms with Gasteiger partial charge in [-0.15, -0.1) is 11.6 Å². The van der Waals surface area contributed by atoms with Crippen LogP contribution in [0.5, 0.6) is 0 Å². The van der Waals surface area contributed by atoms with Crippen LogP contribution in [0.25, 0.3) is 11.1 Å². The van der Waals surface area contributed by atoms with Crippen molar-refractivity contribution in [1.82, 2.24) is 10.6 Å². The van der Waals surface area contributed by atoms with Crippen LogP contribution in [0.15, 0.2) is 72.8 Å². The van der Waals surface area contributed by atoms with Gasteiger partial charge in [0.15, 0.2) is 0 Å². The Morgan fingerprint density at radius 3 is 2.08 bits per heavy atom. The number of ether oxygens (including phenoxy) is 1. The smallest absolute Gasteiger partial charge is 0.407 e. The van der Waals surface area contributed by atoms with E-state index in [1.54, 1.807) is 24.3 Å². The predicted molar refractivity (Wildman–Crippen MR) is 192 cm³/mol. The van der Waals surface area contributed by atoms with Crippen LogP contribution in [0.3, 0.4) is 0 Å². The van der Waals surface area contributed by atoms with Crippen molar-refractivity contribution in [3.63, 3.8) is 0 Å². The molecular formula is C38H46ClN5O5. The Bertz CT molecular complexity index is 1570. The number of hydrogen-bond acceptors (Lipinski definition) is 6. The summed E-state index contributed by atoms with van der Waals surface area (Å²) in [5.74, 6) is -1.25. The number of carbonyl (C=O) groups is 4. The highest BCUT2D eigenvalue weighted by atomic mass is 35.5. The molecule has 2 aliphatic carbocycles. The molecule has 0 radical (unpaired) electrons. The fourth-order valence-electron chi connectivity index (χ4n) is 6.90. The third-order valence-electron chi connectivity index (χ3n) is 9.36. The zero-order valence-corrected chi connectivity index (χ0v) is 28.5. The molecule has 1 saturated carbocycles. The minimum Gasteiger partial charge on any atom is -0.449 e. The summed E-state index contributed by atoms with van der Waals surface area (Å²) >= 11 is 5.61. The molecule has 0 aliphatic heterocycles. The van der Waals surface area contributed by atoms with Crippen LogP contribution < -0.4 is 27.0 Å². The first-order valence-electron chi connectivity index (χ1n) is 17.2. The molecule has 0 heterocycles. The average molecular weight is 688 g/mol. The highest BCUT2D eigenvalue weighted by molar-refractivity contribution is 6.29. The lowest BCUT2D eigenvalue weighted by atomic mass is 9.84. The van der Waals surface area contributed by atoms with Gasteiger partial charge < -0.3 is 31.7 Å². The summed E-state index contributed by atoms with van der Waals surface area (Å²) in [5.41, 5.74) is 11.1. The second kappa shape index (κ2) is 17.8. The molecule has 2 aliphatic rings. The maximum Gasteiger partial charge on any atom is 0.407 e. The number of hydrogen-bond donors (Lipinski definition) is 5. The monoisotopic (exact) mass is 687 g/mol. The highest BCUT2D eigenvalue weighted by Gasteiger charge is 2.32. The van der Waals surface area contributed by atoms with E-state index >= 15 is 0 Å². The second-order valence-corrected chi connectivity index (χ2v) is 13.1. The molecule has 49 heavy (non-hydrogen) atoms. The van der Waals surface area contributed by atoms with Crippen molar-refractivity contribution in [1.29, 1.82) is 0 Å². The molecule has 10 nitrogen and oxygen atoms in total. The number of rotatable bonds is 15. The maximum atomic E-state index is 13.9. The molecule has 2 atom stereocenters. The third kappa shape index (κ3) is 9.83. The van der Waals surface area contributed by atoms with E-state index < -0.39 is 30.0 Å². The number of alkyl halides is 1. The molecule has 3 aromatic carbocycles. The molecule has 11 heteroatoms. The van der Waals surface area contributed by atoms with Gasteiger partial charge >= 0.3 is 6.09 Å². The van der Waals surface area contributed by atoms with Gasteiger partial charge in [-0.3, -0.25) is 14.4 Å². The first kappa shape index (κ1) is 35.9. The minimum absolute atomic E-state index is 0.110. The topological polar surface area (TPSA) is 152 Å². The normalized spacial score (nSPS) is 15.3. The van der Waals surface area contributed by atoms with Gasteiger partial charge in [-0.05, 0) is 78.6 Å². The van der Waals surface area contributed by atoms with E-state index in [1.165, 1.54) is 0 Å². The maximum absolute atomic E-state index is 13.9. The van der Waals surface area contributed by atoms with Gasteiger partial charge in [-0.25, -0.2) is 4.79 Å². The largest absolute Gasteiger partial charge is 0.449 e. The van der Waals surface area contributed by atoms with Crippen molar-refractivity contribution < 1.29 is 23.9 Å². The lowest BCUT2D eigenvalue weighted by molar-refractivity contribution is -0.128. The molecular weight excluding hydrogens is 642 g/mol. The van der Waals surface area contributed by atoms with Gasteiger partial charge in [0.2, 0.25) is 17.7 Å². The first-order chi connectivity index (χ1) is 23.9. The Balaban J connectivity index is 1.27. The first-order valence-corrected chi connectivity index (χ1v) is 17.8. The summed E-state index contributed by atoms with van der Waals surface area (Å²) in [6.45, 7) is 0.588. The number of benzene rings is 3. The molecule has 260 valence electrons. The van der Waals surface area contributed by atoms with Crippen molar-refractivity contribution in [3.05, 3.63) is 83.9 Å². The number of halogens is 1. The fraction of sp³-hybridized carbons (Fsp3) is 0.421. The molecule has 0 bridgehead atoms. The highest BCUT2D eigenvalue weighted by Crippen LogP contribution is 2.44. The molecule has 1 fully saturated rings. The lowest BCUT2D eigenvalue weighted by Gasteiger charge is -2.28. The summed E-state index contributed by atoms with van der Waals surface area (Å²) in [5, 5.41) is 11.3. The Morgan fingerprint density at radius 1 is 0.776 bits per heavy atom. The summed E-state index contributed by atoms with van der Waals surface area (Å²) < 4.78 is 5.81. The number of amides is 4. The summed E-state index contributed by atoms with van der Waals surface area (Å²) in [7, 11) is 0. The Morgan fingerprint density at radius 2 is 1.43 bits per heavy atom. The van der Waals surface area contributed by atoms with Gasteiger partial charge in [0.25, 0.3) is 0 Å². The predicted octanol–water partition coefficient (Wildman–Crippen LogP) is 6.29. The van der Waals surface area contributed by atoms with Crippen molar-refractivity contribution in [2.24, 2.45) is 11.7 Å². The lowest BCUT2D eigenvalue weighted by Crippen LogP contribution is -2.53. The van der Waals surface area contributed by atoms with Crippen LogP contribution in [0.4, 0.5) is 16.2 Å². The van der Waals surface area contributed by atoms with Crippen LogP contribution in [-0.2, 0) is 19.1 Å². The summed E-state index contributed by atoms with van der Waals surface area (Å²) in [4.78, 5) is 52.5. The van der Waals surface area contributed by atoms with Crippen LogP contribution in [0, 0.1) is 5.92 Å². The van der Waals surface area contributed by atoms with Crippen LogP contribution in [-0.4, -0.2) is 54.9 Å².